The summed E-state index contributed by atoms with van der Waals surface area (Å²) in [7, 11) is 1.60. The van der Waals surface area contributed by atoms with Crippen LogP contribution in [0.1, 0.15) is 15.9 Å². The topological polar surface area (TPSA) is 50.7 Å². The first-order valence-electron chi connectivity index (χ1n) is 6.02. The molecule has 0 aliphatic carbocycles. The summed E-state index contributed by atoms with van der Waals surface area (Å²) in [6.07, 6.45) is 1.60. The number of hydrogen-bond acceptors (Lipinski definition) is 3. The first kappa shape index (κ1) is 16.0. The van der Waals surface area contributed by atoms with Crippen molar-refractivity contribution >= 4 is 50.6 Å². The Morgan fingerprint density at radius 2 is 2.00 bits per heavy atom. The molecule has 21 heavy (non-hydrogen) atoms. The van der Waals surface area contributed by atoms with Gasteiger partial charge in [0.25, 0.3) is 5.91 Å². The van der Waals surface area contributed by atoms with E-state index >= 15 is 0 Å². The van der Waals surface area contributed by atoms with E-state index in [4.69, 9.17) is 4.74 Å². The fraction of sp³-hybridized carbons (Fsp3) is 0.0667. The van der Waals surface area contributed by atoms with Crippen molar-refractivity contribution in [3.63, 3.8) is 0 Å². The van der Waals surface area contributed by atoms with E-state index in [0.717, 1.165) is 19.4 Å². The zero-order chi connectivity index (χ0) is 15.2. The number of rotatable bonds is 4. The SMILES string of the molecule is COc1ccc(C(=O)N/N=C/c2ccc(Br)cc2)cc1I. The zero-order valence-electron chi connectivity index (χ0n) is 11.1. The lowest BCUT2D eigenvalue weighted by Gasteiger charge is -2.05. The minimum atomic E-state index is -0.260. The summed E-state index contributed by atoms with van der Waals surface area (Å²) < 4.78 is 7.03. The van der Waals surface area contributed by atoms with Crippen LogP contribution in [0.4, 0.5) is 0 Å². The van der Waals surface area contributed by atoms with Gasteiger partial charge in [0, 0.05) is 10.0 Å². The minimum Gasteiger partial charge on any atom is -0.496 e. The van der Waals surface area contributed by atoms with Crippen molar-refractivity contribution < 1.29 is 9.53 Å². The molecule has 2 aromatic rings. The number of halogens is 2. The van der Waals surface area contributed by atoms with Gasteiger partial charge in [-0.2, -0.15) is 5.10 Å². The van der Waals surface area contributed by atoms with Crippen LogP contribution in [0.25, 0.3) is 0 Å². The molecule has 0 spiro atoms. The molecule has 0 atom stereocenters. The standard InChI is InChI=1S/C15H12BrIN2O2/c1-21-14-7-4-11(8-13(14)17)15(20)19-18-9-10-2-5-12(16)6-3-10/h2-9H,1H3,(H,19,20)/b18-9+. The van der Waals surface area contributed by atoms with Crippen LogP contribution in [0.5, 0.6) is 5.75 Å². The third-order valence-electron chi connectivity index (χ3n) is 2.66. The average molecular weight is 459 g/mol. The van der Waals surface area contributed by atoms with Gasteiger partial charge in [-0.25, -0.2) is 5.43 Å². The normalized spacial score (nSPS) is 10.6. The van der Waals surface area contributed by atoms with Gasteiger partial charge in [-0.1, -0.05) is 28.1 Å². The predicted molar refractivity (Wildman–Crippen MR) is 94.9 cm³/mol. The van der Waals surface area contributed by atoms with Crippen molar-refractivity contribution in [3.05, 3.63) is 61.6 Å². The molecule has 1 N–H and O–H groups in total. The molecule has 108 valence electrons. The second-order valence-corrected chi connectivity index (χ2v) is 6.18. The van der Waals surface area contributed by atoms with E-state index in [9.17, 15) is 4.79 Å². The Labute approximate surface area is 144 Å². The summed E-state index contributed by atoms with van der Waals surface area (Å²) in [5, 5.41) is 3.95. The first-order valence-corrected chi connectivity index (χ1v) is 7.90. The Hall–Kier alpha value is -1.41. The van der Waals surface area contributed by atoms with Crippen LogP contribution in [0.3, 0.4) is 0 Å². The number of benzene rings is 2. The number of nitrogens with zero attached hydrogens (tertiary/aromatic N) is 1. The molecule has 1 amide bonds. The molecule has 0 heterocycles. The number of amides is 1. The molecular formula is C15H12BrIN2O2. The number of carbonyl (C=O) groups is 1. The zero-order valence-corrected chi connectivity index (χ0v) is 14.9. The second kappa shape index (κ2) is 7.56. The third kappa shape index (κ3) is 4.53. The molecule has 0 radical (unpaired) electrons. The Balaban J connectivity index is 2.01. The van der Waals surface area contributed by atoms with Gasteiger partial charge in [0.05, 0.1) is 16.9 Å². The molecule has 0 bridgehead atoms. The second-order valence-electron chi connectivity index (χ2n) is 4.10. The van der Waals surface area contributed by atoms with E-state index < -0.39 is 0 Å². The highest BCUT2D eigenvalue weighted by atomic mass is 127. The number of hydrazone groups is 1. The molecule has 0 fully saturated rings. The van der Waals surface area contributed by atoms with E-state index in [2.05, 4.69) is 49.0 Å². The van der Waals surface area contributed by atoms with Gasteiger partial charge in [0.15, 0.2) is 0 Å². The van der Waals surface area contributed by atoms with E-state index in [1.807, 2.05) is 24.3 Å². The lowest BCUT2D eigenvalue weighted by molar-refractivity contribution is 0.0955. The van der Waals surface area contributed by atoms with E-state index in [1.54, 1.807) is 31.5 Å². The number of carbonyl (C=O) groups excluding carboxylic acids is 1. The fourth-order valence-corrected chi connectivity index (χ4v) is 2.59. The van der Waals surface area contributed by atoms with Gasteiger partial charge in [-0.15, -0.1) is 0 Å². The molecular weight excluding hydrogens is 447 g/mol. The highest BCUT2D eigenvalue weighted by molar-refractivity contribution is 14.1. The van der Waals surface area contributed by atoms with E-state index in [1.165, 1.54) is 0 Å². The Kier molecular flexibility index (Phi) is 5.75. The molecule has 4 nitrogen and oxygen atoms in total. The molecule has 2 aromatic carbocycles. The van der Waals surface area contributed by atoms with Crippen molar-refractivity contribution in [1.29, 1.82) is 0 Å². The van der Waals surface area contributed by atoms with Crippen LogP contribution < -0.4 is 10.2 Å². The first-order chi connectivity index (χ1) is 10.1. The van der Waals surface area contributed by atoms with Crippen LogP contribution in [0.2, 0.25) is 0 Å². The Morgan fingerprint density at radius 3 is 2.62 bits per heavy atom. The van der Waals surface area contributed by atoms with Crippen molar-refractivity contribution in [2.75, 3.05) is 7.11 Å². The lowest BCUT2D eigenvalue weighted by atomic mass is 10.2. The molecule has 0 saturated heterocycles. The number of hydrogen-bond donors (Lipinski definition) is 1. The summed E-state index contributed by atoms with van der Waals surface area (Å²) in [6, 6.07) is 12.8. The van der Waals surface area contributed by atoms with Gasteiger partial charge in [-0.3, -0.25) is 4.79 Å². The number of methoxy groups -OCH3 is 1. The van der Waals surface area contributed by atoms with Crippen LogP contribution >= 0.6 is 38.5 Å². The lowest BCUT2D eigenvalue weighted by Crippen LogP contribution is -2.17. The fourth-order valence-electron chi connectivity index (χ4n) is 1.59. The molecule has 0 saturated carbocycles. The summed E-state index contributed by atoms with van der Waals surface area (Å²) in [5.41, 5.74) is 3.94. The van der Waals surface area contributed by atoms with Crippen molar-refractivity contribution in [2.24, 2.45) is 5.10 Å². The van der Waals surface area contributed by atoms with Gasteiger partial charge >= 0.3 is 0 Å². The highest BCUT2D eigenvalue weighted by Gasteiger charge is 2.07. The maximum Gasteiger partial charge on any atom is 0.271 e. The third-order valence-corrected chi connectivity index (χ3v) is 4.04. The molecule has 6 heteroatoms. The predicted octanol–water partition coefficient (Wildman–Crippen LogP) is 3.83. The quantitative estimate of drug-likeness (QED) is 0.430. The average Bonchev–Trinajstić information content (AvgIpc) is 2.49. The number of nitrogens with one attached hydrogen (secondary N) is 1. The van der Waals surface area contributed by atoms with E-state index in [0.29, 0.717) is 5.56 Å². The largest absolute Gasteiger partial charge is 0.496 e. The minimum absolute atomic E-state index is 0.260. The summed E-state index contributed by atoms with van der Waals surface area (Å²) >= 11 is 5.48. The van der Waals surface area contributed by atoms with Crippen LogP contribution in [0.15, 0.2) is 52.0 Å². The summed E-state index contributed by atoms with van der Waals surface area (Å²) in [6.45, 7) is 0. The van der Waals surface area contributed by atoms with Gasteiger partial charge in [0.2, 0.25) is 0 Å². The van der Waals surface area contributed by atoms with Crippen LogP contribution in [-0.2, 0) is 0 Å². The Morgan fingerprint density at radius 1 is 1.29 bits per heavy atom. The number of ether oxygens (including phenoxy) is 1. The summed E-state index contributed by atoms with van der Waals surface area (Å²) in [5.74, 6) is 0.481. The maximum atomic E-state index is 12.0. The Bertz CT molecular complexity index is 672. The molecule has 0 unspecified atom stereocenters. The maximum absolute atomic E-state index is 12.0. The van der Waals surface area contributed by atoms with Gasteiger partial charge in [-0.05, 0) is 58.5 Å². The highest BCUT2D eigenvalue weighted by Crippen LogP contribution is 2.21. The van der Waals surface area contributed by atoms with Gasteiger partial charge < -0.3 is 4.74 Å². The monoisotopic (exact) mass is 458 g/mol. The smallest absolute Gasteiger partial charge is 0.271 e. The molecule has 0 aromatic heterocycles. The van der Waals surface area contributed by atoms with E-state index in [-0.39, 0.29) is 5.91 Å². The molecule has 2 rings (SSSR count). The van der Waals surface area contributed by atoms with Crippen LogP contribution in [-0.4, -0.2) is 19.2 Å². The van der Waals surface area contributed by atoms with Crippen molar-refractivity contribution in [2.45, 2.75) is 0 Å². The van der Waals surface area contributed by atoms with Crippen molar-refractivity contribution in [1.82, 2.24) is 5.43 Å². The van der Waals surface area contributed by atoms with Gasteiger partial charge in [0.1, 0.15) is 5.75 Å². The molecule has 0 aliphatic rings. The van der Waals surface area contributed by atoms with Crippen molar-refractivity contribution in [3.8, 4) is 5.75 Å². The van der Waals surface area contributed by atoms with Crippen LogP contribution in [0, 0.1) is 3.57 Å². The summed E-state index contributed by atoms with van der Waals surface area (Å²) in [4.78, 5) is 12.0. The molecule has 0 aliphatic heterocycles.